The Kier molecular flexibility index (Phi) is 3.34. The number of methoxy groups -OCH3 is 1. The van der Waals surface area contributed by atoms with Gasteiger partial charge in [-0.05, 0) is 18.6 Å². The molecule has 1 aromatic rings. The molecule has 1 fully saturated rings. The van der Waals surface area contributed by atoms with E-state index < -0.39 is 0 Å². The van der Waals surface area contributed by atoms with Crippen LogP contribution in [0.15, 0.2) is 18.2 Å². The molecule has 0 unspecified atom stereocenters. The Hall–Kier alpha value is -0.770. The lowest BCUT2D eigenvalue weighted by atomic mass is 9.81. The fourth-order valence-corrected chi connectivity index (χ4v) is 2.89. The first-order chi connectivity index (χ1) is 7.74. The van der Waals surface area contributed by atoms with Crippen molar-refractivity contribution >= 4 is 12.4 Å². The zero-order chi connectivity index (χ0) is 11.2. The van der Waals surface area contributed by atoms with Crippen LogP contribution >= 0.6 is 12.4 Å². The minimum absolute atomic E-state index is 0. The average Bonchev–Trinajstić information content (AvgIpc) is 2.70. The molecule has 1 aromatic carbocycles. The largest absolute Gasteiger partial charge is 0.496 e. The van der Waals surface area contributed by atoms with Crippen LogP contribution in [0.25, 0.3) is 0 Å². The molecule has 2 heterocycles. The third-order valence-electron chi connectivity index (χ3n) is 3.87. The summed E-state index contributed by atoms with van der Waals surface area (Å²) in [5.74, 6) is 1.40. The normalized spacial score (nSPS) is 30.1. The highest BCUT2D eigenvalue weighted by atomic mass is 35.5. The number of nitrogens with one attached hydrogen (secondary N) is 1. The Morgan fingerprint density at radius 2 is 2.29 bits per heavy atom. The van der Waals surface area contributed by atoms with Gasteiger partial charge in [0.2, 0.25) is 0 Å². The third kappa shape index (κ3) is 1.82. The summed E-state index contributed by atoms with van der Waals surface area (Å²) in [6.45, 7) is 4.79. The van der Waals surface area contributed by atoms with Crippen LogP contribution in [0.5, 0.6) is 5.75 Å². The van der Waals surface area contributed by atoms with Crippen molar-refractivity contribution in [2.45, 2.75) is 25.0 Å². The van der Waals surface area contributed by atoms with Gasteiger partial charge in [0.05, 0.1) is 19.3 Å². The first kappa shape index (κ1) is 12.7. The molecule has 1 N–H and O–H groups in total. The predicted octanol–water partition coefficient (Wildman–Crippen LogP) is 2.09. The van der Waals surface area contributed by atoms with E-state index in [0.29, 0.717) is 12.5 Å². The second kappa shape index (κ2) is 4.48. The van der Waals surface area contributed by atoms with E-state index in [1.54, 1.807) is 7.11 Å². The molecule has 0 aliphatic carbocycles. The molecule has 0 amide bonds. The molecule has 17 heavy (non-hydrogen) atoms. The minimum Gasteiger partial charge on any atom is -0.496 e. The van der Waals surface area contributed by atoms with Crippen LogP contribution < -0.4 is 10.1 Å². The molecule has 0 aromatic heterocycles. The molecule has 0 spiro atoms. The maximum atomic E-state index is 6.02. The molecule has 0 radical (unpaired) electrons. The van der Waals surface area contributed by atoms with Crippen molar-refractivity contribution < 1.29 is 9.47 Å². The fourth-order valence-electron chi connectivity index (χ4n) is 2.89. The molecule has 4 heteroatoms. The number of hydrogen-bond acceptors (Lipinski definition) is 3. The molecule has 0 saturated carbocycles. The molecule has 2 aliphatic heterocycles. The molecule has 94 valence electrons. The van der Waals surface area contributed by atoms with E-state index in [0.717, 1.165) is 18.8 Å². The van der Waals surface area contributed by atoms with Crippen molar-refractivity contribution in [3.8, 4) is 5.75 Å². The summed E-state index contributed by atoms with van der Waals surface area (Å²) in [5, 5.41) is 3.42. The maximum Gasteiger partial charge on any atom is 0.124 e. The molecule has 3 rings (SSSR count). The van der Waals surface area contributed by atoms with Gasteiger partial charge in [0.15, 0.2) is 0 Å². The number of hydrogen-bond donors (Lipinski definition) is 1. The van der Waals surface area contributed by atoms with E-state index in [1.807, 2.05) is 6.07 Å². The van der Waals surface area contributed by atoms with Gasteiger partial charge in [0.25, 0.3) is 0 Å². The highest BCUT2D eigenvalue weighted by Crippen LogP contribution is 2.43. The zero-order valence-corrected chi connectivity index (χ0v) is 11.0. The van der Waals surface area contributed by atoms with Crippen LogP contribution in [-0.4, -0.2) is 25.8 Å². The van der Waals surface area contributed by atoms with Crippen LogP contribution in [0.1, 0.15) is 24.0 Å². The number of benzene rings is 1. The summed E-state index contributed by atoms with van der Waals surface area (Å²) in [5.41, 5.74) is 2.56. The highest BCUT2D eigenvalue weighted by Gasteiger charge is 2.44. The standard InChI is InChI=1S/C13H17NO2.ClH/c1-13-8-14-6-11(13)9-4-3-5-12(15-2)10(9)7-16-13;/h3-5,11,14H,6-8H2,1-2H3;1H/t11-,13+;/m0./s1. The zero-order valence-electron chi connectivity index (χ0n) is 10.2. The molecule has 3 nitrogen and oxygen atoms in total. The van der Waals surface area contributed by atoms with Crippen molar-refractivity contribution in [2.75, 3.05) is 20.2 Å². The van der Waals surface area contributed by atoms with Crippen molar-refractivity contribution in [1.82, 2.24) is 5.32 Å². The van der Waals surface area contributed by atoms with Crippen LogP contribution in [0.3, 0.4) is 0 Å². The van der Waals surface area contributed by atoms with E-state index in [1.165, 1.54) is 11.1 Å². The Morgan fingerprint density at radius 1 is 1.47 bits per heavy atom. The summed E-state index contributed by atoms with van der Waals surface area (Å²) in [6, 6.07) is 6.28. The summed E-state index contributed by atoms with van der Waals surface area (Å²) < 4.78 is 11.4. The molecule has 2 atom stereocenters. The smallest absolute Gasteiger partial charge is 0.124 e. The van der Waals surface area contributed by atoms with Gasteiger partial charge in [-0.25, -0.2) is 0 Å². The quantitative estimate of drug-likeness (QED) is 0.834. The van der Waals surface area contributed by atoms with Gasteiger partial charge in [-0.2, -0.15) is 0 Å². The lowest BCUT2D eigenvalue weighted by molar-refractivity contribution is -0.0525. The monoisotopic (exact) mass is 255 g/mol. The highest BCUT2D eigenvalue weighted by molar-refractivity contribution is 5.85. The Labute approximate surface area is 108 Å². The lowest BCUT2D eigenvalue weighted by Gasteiger charge is -2.37. The van der Waals surface area contributed by atoms with Gasteiger partial charge in [0.1, 0.15) is 5.75 Å². The third-order valence-corrected chi connectivity index (χ3v) is 3.87. The van der Waals surface area contributed by atoms with Crippen LogP contribution in [0.2, 0.25) is 0 Å². The van der Waals surface area contributed by atoms with E-state index in [2.05, 4.69) is 24.4 Å². The number of fused-ring (bicyclic) bond motifs is 3. The first-order valence-electron chi connectivity index (χ1n) is 5.75. The number of rotatable bonds is 1. The van der Waals surface area contributed by atoms with Gasteiger partial charge < -0.3 is 14.8 Å². The van der Waals surface area contributed by atoms with Crippen LogP contribution in [0, 0.1) is 0 Å². The SMILES string of the molecule is COc1cccc2c1CO[C@]1(C)CNC[C@@H]21.Cl. The predicted molar refractivity (Wildman–Crippen MR) is 69.0 cm³/mol. The second-order valence-electron chi connectivity index (χ2n) is 4.81. The number of ether oxygens (including phenoxy) is 2. The summed E-state index contributed by atoms with van der Waals surface area (Å²) >= 11 is 0. The van der Waals surface area contributed by atoms with Gasteiger partial charge >= 0.3 is 0 Å². The van der Waals surface area contributed by atoms with Gasteiger partial charge in [-0.3, -0.25) is 0 Å². The van der Waals surface area contributed by atoms with Gasteiger partial charge in [-0.1, -0.05) is 12.1 Å². The van der Waals surface area contributed by atoms with Crippen molar-refractivity contribution in [2.24, 2.45) is 0 Å². The molecule has 0 bridgehead atoms. The lowest BCUT2D eigenvalue weighted by Crippen LogP contribution is -2.39. The first-order valence-corrected chi connectivity index (χ1v) is 5.75. The molecular weight excluding hydrogens is 238 g/mol. The van der Waals surface area contributed by atoms with E-state index in [-0.39, 0.29) is 18.0 Å². The van der Waals surface area contributed by atoms with Crippen LogP contribution in [-0.2, 0) is 11.3 Å². The second-order valence-corrected chi connectivity index (χ2v) is 4.81. The van der Waals surface area contributed by atoms with Crippen molar-refractivity contribution in [1.29, 1.82) is 0 Å². The molecule has 1 saturated heterocycles. The summed E-state index contributed by atoms with van der Waals surface area (Å²) in [7, 11) is 1.72. The summed E-state index contributed by atoms with van der Waals surface area (Å²) in [4.78, 5) is 0. The maximum absolute atomic E-state index is 6.02. The Bertz CT molecular complexity index is 424. The van der Waals surface area contributed by atoms with Crippen molar-refractivity contribution in [3.05, 3.63) is 29.3 Å². The van der Waals surface area contributed by atoms with Gasteiger partial charge in [-0.15, -0.1) is 12.4 Å². The average molecular weight is 256 g/mol. The van der Waals surface area contributed by atoms with Crippen LogP contribution in [0.4, 0.5) is 0 Å². The minimum atomic E-state index is -0.0423. The Morgan fingerprint density at radius 3 is 3.06 bits per heavy atom. The summed E-state index contributed by atoms with van der Waals surface area (Å²) in [6.07, 6.45) is 0. The fraction of sp³-hybridized carbons (Fsp3) is 0.538. The number of halogens is 1. The van der Waals surface area contributed by atoms with E-state index in [4.69, 9.17) is 9.47 Å². The Balaban J connectivity index is 0.00000108. The van der Waals surface area contributed by atoms with Crippen molar-refractivity contribution in [3.63, 3.8) is 0 Å². The molecular formula is C13H18ClNO2. The molecule has 2 aliphatic rings. The van der Waals surface area contributed by atoms with E-state index >= 15 is 0 Å². The van der Waals surface area contributed by atoms with E-state index in [9.17, 15) is 0 Å². The van der Waals surface area contributed by atoms with Gasteiger partial charge in [0, 0.05) is 24.6 Å². The topological polar surface area (TPSA) is 30.5 Å².